The minimum Gasteiger partial charge on any atom is -0.241 e. The lowest BCUT2D eigenvalue weighted by molar-refractivity contribution is 0.581. The summed E-state index contributed by atoms with van der Waals surface area (Å²) in [6.07, 6.45) is 0.552. The number of sulfonamides is 1. The minimum atomic E-state index is -3.64. The molecule has 0 fully saturated rings. The van der Waals surface area contributed by atoms with Gasteiger partial charge in [-0.05, 0) is 37.6 Å². The highest BCUT2D eigenvalue weighted by Gasteiger charge is 2.15. The average molecular weight is 376 g/mol. The summed E-state index contributed by atoms with van der Waals surface area (Å²) in [6.45, 7) is 2.18. The van der Waals surface area contributed by atoms with Gasteiger partial charge in [0.25, 0.3) is 0 Å². The van der Waals surface area contributed by atoms with Crippen molar-refractivity contribution in [2.45, 2.75) is 18.2 Å². The van der Waals surface area contributed by atoms with Crippen molar-refractivity contribution in [3.8, 4) is 10.6 Å². The Bertz CT molecular complexity index is 953. The summed E-state index contributed by atoms with van der Waals surface area (Å²) in [4.78, 5) is 5.66. The highest BCUT2D eigenvalue weighted by molar-refractivity contribution is 7.89. The number of hydrogen-bond donors (Lipinski definition) is 1. The van der Waals surface area contributed by atoms with Crippen molar-refractivity contribution in [1.29, 1.82) is 0 Å². The molecule has 0 unspecified atom stereocenters. The molecule has 3 aromatic rings. The van der Waals surface area contributed by atoms with Gasteiger partial charge in [0, 0.05) is 17.0 Å². The Kier molecular flexibility index (Phi) is 5.27. The largest absolute Gasteiger partial charge is 0.241 e. The normalized spacial score (nSPS) is 11.6. The molecule has 0 aliphatic heterocycles. The third kappa shape index (κ3) is 4.31. The fourth-order valence-corrected chi connectivity index (χ4v) is 4.46. The number of hydrogen-bond acceptors (Lipinski definition) is 4. The molecule has 25 heavy (non-hydrogen) atoms. The second-order valence-corrected chi connectivity index (χ2v) is 8.35. The summed E-state index contributed by atoms with van der Waals surface area (Å²) < 4.78 is 39.9. The Labute approximate surface area is 150 Å². The molecule has 1 N–H and O–H groups in total. The van der Waals surface area contributed by atoms with Crippen LogP contribution in [0, 0.1) is 12.7 Å². The van der Waals surface area contributed by atoms with Crippen molar-refractivity contribution in [3.63, 3.8) is 0 Å². The molecule has 0 saturated carbocycles. The molecule has 130 valence electrons. The Morgan fingerprint density at radius 3 is 2.44 bits per heavy atom. The Morgan fingerprint density at radius 1 is 1.08 bits per heavy atom. The van der Waals surface area contributed by atoms with Crippen molar-refractivity contribution in [3.05, 3.63) is 71.0 Å². The van der Waals surface area contributed by atoms with E-state index < -0.39 is 15.8 Å². The van der Waals surface area contributed by atoms with Gasteiger partial charge in [-0.2, -0.15) is 0 Å². The fourth-order valence-electron chi connectivity index (χ4n) is 2.36. The highest BCUT2D eigenvalue weighted by atomic mass is 32.2. The van der Waals surface area contributed by atoms with Gasteiger partial charge in [0.1, 0.15) is 10.8 Å². The molecule has 0 amide bonds. The summed E-state index contributed by atoms with van der Waals surface area (Å²) in [7, 11) is -3.64. The van der Waals surface area contributed by atoms with E-state index in [4.69, 9.17) is 0 Å². The summed E-state index contributed by atoms with van der Waals surface area (Å²) in [6, 6.07) is 14.6. The molecule has 0 saturated heterocycles. The first kappa shape index (κ1) is 17.7. The molecule has 1 heterocycles. The van der Waals surface area contributed by atoms with Gasteiger partial charge in [0.2, 0.25) is 10.0 Å². The van der Waals surface area contributed by atoms with Gasteiger partial charge in [0.05, 0.1) is 10.6 Å². The van der Waals surface area contributed by atoms with E-state index in [1.54, 1.807) is 11.3 Å². The van der Waals surface area contributed by atoms with E-state index >= 15 is 0 Å². The van der Waals surface area contributed by atoms with Crippen molar-refractivity contribution < 1.29 is 12.8 Å². The zero-order valence-corrected chi connectivity index (χ0v) is 15.2. The van der Waals surface area contributed by atoms with E-state index in [1.165, 1.54) is 12.1 Å². The predicted octanol–water partition coefficient (Wildman–Crippen LogP) is 3.78. The number of aryl methyl sites for hydroxylation is 1. The monoisotopic (exact) mass is 376 g/mol. The van der Waals surface area contributed by atoms with E-state index in [-0.39, 0.29) is 11.4 Å². The first-order chi connectivity index (χ1) is 12.0. The van der Waals surface area contributed by atoms with Gasteiger partial charge in [0.15, 0.2) is 0 Å². The lowest BCUT2D eigenvalue weighted by Gasteiger charge is -2.06. The highest BCUT2D eigenvalue weighted by Crippen LogP contribution is 2.27. The predicted molar refractivity (Wildman–Crippen MR) is 97.6 cm³/mol. The second kappa shape index (κ2) is 7.43. The van der Waals surface area contributed by atoms with E-state index in [0.717, 1.165) is 33.3 Å². The van der Waals surface area contributed by atoms with Crippen LogP contribution in [0.2, 0.25) is 0 Å². The lowest BCUT2D eigenvalue weighted by Crippen LogP contribution is -2.25. The smallest absolute Gasteiger partial charge is 0.240 e. The molecule has 0 atom stereocenters. The van der Waals surface area contributed by atoms with Crippen molar-refractivity contribution in [1.82, 2.24) is 9.71 Å². The van der Waals surface area contributed by atoms with Crippen LogP contribution >= 0.6 is 11.3 Å². The molecule has 0 spiro atoms. The van der Waals surface area contributed by atoms with Gasteiger partial charge >= 0.3 is 0 Å². The number of nitrogens with zero attached hydrogens (tertiary/aromatic N) is 1. The topological polar surface area (TPSA) is 59.1 Å². The van der Waals surface area contributed by atoms with Crippen LogP contribution < -0.4 is 4.72 Å². The van der Waals surface area contributed by atoms with E-state index in [1.807, 2.05) is 37.3 Å². The number of benzene rings is 2. The number of aromatic nitrogens is 1. The zero-order chi connectivity index (χ0) is 17.9. The molecule has 7 heteroatoms. The number of rotatable bonds is 6. The molecule has 0 radical (unpaired) electrons. The maximum atomic E-state index is 12.9. The average Bonchev–Trinajstić information content (AvgIpc) is 2.97. The maximum absolute atomic E-state index is 12.9. The summed E-state index contributed by atoms with van der Waals surface area (Å²) in [5, 5.41) is 0.925. The fraction of sp³-hybridized carbons (Fsp3) is 0.167. The Balaban J connectivity index is 1.66. The van der Waals surface area contributed by atoms with Gasteiger partial charge in [-0.1, -0.05) is 30.3 Å². The molecule has 1 aromatic heterocycles. The standard InChI is InChI=1S/C18H17FN2O2S2/c1-13-17(24-18(21-13)14-5-3-2-4-6-14)11-12-20-25(22,23)16-9-7-15(19)8-10-16/h2-10,20H,11-12H2,1H3. The third-order valence-electron chi connectivity index (χ3n) is 3.68. The van der Waals surface area contributed by atoms with Crippen LogP contribution in [-0.4, -0.2) is 19.9 Å². The van der Waals surface area contributed by atoms with Gasteiger partial charge < -0.3 is 0 Å². The quantitative estimate of drug-likeness (QED) is 0.712. The van der Waals surface area contributed by atoms with Crippen LogP contribution in [0.15, 0.2) is 59.5 Å². The molecular weight excluding hydrogens is 359 g/mol. The molecule has 4 nitrogen and oxygen atoms in total. The van der Waals surface area contributed by atoms with Gasteiger partial charge in [-0.3, -0.25) is 0 Å². The SMILES string of the molecule is Cc1nc(-c2ccccc2)sc1CCNS(=O)(=O)c1ccc(F)cc1. The zero-order valence-electron chi connectivity index (χ0n) is 13.6. The Hall–Kier alpha value is -2.09. The summed E-state index contributed by atoms with van der Waals surface area (Å²) >= 11 is 1.57. The minimum absolute atomic E-state index is 0.0555. The van der Waals surface area contributed by atoms with E-state index in [9.17, 15) is 12.8 Å². The number of halogens is 1. The van der Waals surface area contributed by atoms with Crippen LogP contribution in [-0.2, 0) is 16.4 Å². The van der Waals surface area contributed by atoms with Crippen LogP contribution in [0.1, 0.15) is 10.6 Å². The van der Waals surface area contributed by atoms with Crippen LogP contribution in [0.3, 0.4) is 0 Å². The van der Waals surface area contributed by atoms with Gasteiger partial charge in [-0.25, -0.2) is 22.5 Å². The third-order valence-corrected chi connectivity index (χ3v) is 6.42. The van der Waals surface area contributed by atoms with Crippen molar-refractivity contribution in [2.24, 2.45) is 0 Å². The van der Waals surface area contributed by atoms with Gasteiger partial charge in [-0.15, -0.1) is 11.3 Å². The van der Waals surface area contributed by atoms with Crippen LogP contribution in [0.5, 0.6) is 0 Å². The number of nitrogens with one attached hydrogen (secondary N) is 1. The first-order valence-electron chi connectivity index (χ1n) is 7.73. The molecule has 3 rings (SSSR count). The summed E-state index contributed by atoms with van der Waals surface area (Å²) in [5.74, 6) is -0.465. The lowest BCUT2D eigenvalue weighted by atomic mass is 10.2. The first-order valence-corrected chi connectivity index (χ1v) is 10.0. The Morgan fingerprint density at radius 2 is 1.76 bits per heavy atom. The molecule has 0 aliphatic rings. The molecular formula is C18H17FN2O2S2. The van der Waals surface area contributed by atoms with Crippen LogP contribution in [0.25, 0.3) is 10.6 Å². The van der Waals surface area contributed by atoms with Crippen LogP contribution in [0.4, 0.5) is 4.39 Å². The number of thiazole rings is 1. The van der Waals surface area contributed by atoms with Crippen molar-refractivity contribution >= 4 is 21.4 Å². The summed E-state index contributed by atoms with van der Waals surface area (Å²) in [5.41, 5.74) is 1.96. The molecule has 0 aliphatic carbocycles. The maximum Gasteiger partial charge on any atom is 0.240 e. The molecule has 0 bridgehead atoms. The van der Waals surface area contributed by atoms with E-state index in [0.29, 0.717) is 6.42 Å². The molecule has 2 aromatic carbocycles. The second-order valence-electron chi connectivity index (χ2n) is 5.50. The van der Waals surface area contributed by atoms with E-state index in [2.05, 4.69) is 9.71 Å². The van der Waals surface area contributed by atoms with Crippen molar-refractivity contribution in [2.75, 3.05) is 6.54 Å².